The van der Waals surface area contributed by atoms with Crippen LogP contribution in [0.1, 0.15) is 40.5 Å². The molecule has 0 radical (unpaired) electrons. The molecular weight excluding hydrogens is 604 g/mol. The summed E-state index contributed by atoms with van der Waals surface area (Å²) in [5, 5.41) is 8.65. The second-order valence-corrected chi connectivity index (χ2v) is 13.5. The average molecular weight is 637 g/mol. The Bertz CT molecular complexity index is 2350. The number of nitrogen functional groups attached to an aromatic ring is 4. The fraction of sp³-hybridized carbons (Fsp3) is 0.0698. The van der Waals surface area contributed by atoms with Crippen molar-refractivity contribution in [2.24, 2.45) is 0 Å². The van der Waals surface area contributed by atoms with Crippen molar-refractivity contribution >= 4 is 65.8 Å². The first kappa shape index (κ1) is 27.7. The first-order valence-corrected chi connectivity index (χ1v) is 16.5. The van der Waals surface area contributed by atoms with Gasteiger partial charge in [0.25, 0.3) is 0 Å². The maximum Gasteiger partial charge on any atom is 0.131 e. The summed E-state index contributed by atoms with van der Waals surface area (Å²) in [6.07, 6.45) is 0.760. The van der Waals surface area contributed by atoms with E-state index in [0.717, 1.165) is 118 Å². The van der Waals surface area contributed by atoms with Crippen LogP contribution in [0.3, 0.4) is 0 Å². The van der Waals surface area contributed by atoms with E-state index in [1.165, 1.54) is 0 Å². The van der Waals surface area contributed by atoms with Crippen molar-refractivity contribution in [1.82, 2.24) is 0 Å². The summed E-state index contributed by atoms with van der Waals surface area (Å²) in [5.74, 6) is 3.38. The van der Waals surface area contributed by atoms with Crippen LogP contribution in [-0.2, 0) is 0 Å². The predicted molar refractivity (Wildman–Crippen MR) is 202 cm³/mol. The molecule has 0 fully saturated rings. The molecule has 10 rings (SSSR count). The minimum atomic E-state index is -0.0210. The van der Waals surface area contributed by atoms with E-state index in [0.29, 0.717) is 0 Å². The van der Waals surface area contributed by atoms with Gasteiger partial charge in [0.15, 0.2) is 0 Å². The molecule has 0 saturated heterocycles. The van der Waals surface area contributed by atoms with Gasteiger partial charge in [0.1, 0.15) is 23.0 Å². The molecule has 0 spiro atoms. The zero-order valence-corrected chi connectivity index (χ0v) is 26.5. The summed E-state index contributed by atoms with van der Waals surface area (Å²) < 4.78 is 13.5. The van der Waals surface area contributed by atoms with E-state index in [1.807, 2.05) is 48.5 Å². The Morgan fingerprint density at radius 3 is 0.857 bits per heavy atom. The van der Waals surface area contributed by atoms with Gasteiger partial charge in [-0.05, 0) is 147 Å². The van der Waals surface area contributed by atoms with Crippen molar-refractivity contribution < 1.29 is 9.47 Å². The number of hydrogen-bond acceptors (Lipinski definition) is 6. The van der Waals surface area contributed by atoms with Crippen LogP contribution in [0, 0.1) is 0 Å². The van der Waals surface area contributed by atoms with Crippen LogP contribution >= 0.6 is 0 Å². The minimum absolute atomic E-state index is 0.0210. The van der Waals surface area contributed by atoms with Crippen LogP contribution in [0.5, 0.6) is 23.0 Å². The van der Waals surface area contributed by atoms with E-state index in [4.69, 9.17) is 32.4 Å². The molecule has 6 heteroatoms. The summed E-state index contributed by atoms with van der Waals surface area (Å²) in [5.41, 5.74) is 32.5. The summed E-state index contributed by atoms with van der Waals surface area (Å²) in [7, 11) is 0. The third kappa shape index (κ3) is 4.41. The van der Waals surface area contributed by atoms with Crippen LogP contribution in [0.15, 0.2) is 121 Å². The Balaban J connectivity index is 1.23. The van der Waals surface area contributed by atoms with Gasteiger partial charge in [-0.1, -0.05) is 24.3 Å². The largest absolute Gasteiger partial charge is 0.457 e. The molecule has 0 saturated carbocycles. The Labute approximate surface area is 282 Å². The van der Waals surface area contributed by atoms with Crippen LogP contribution < -0.4 is 32.4 Å². The fourth-order valence-corrected chi connectivity index (χ4v) is 8.01. The maximum atomic E-state index is 6.74. The lowest BCUT2D eigenvalue weighted by Gasteiger charge is -2.35. The zero-order chi connectivity index (χ0) is 33.0. The first-order valence-electron chi connectivity index (χ1n) is 16.5. The number of nitrogens with two attached hydrogens (primary N) is 4. The van der Waals surface area contributed by atoms with Crippen LogP contribution in [-0.4, -0.2) is 0 Å². The Kier molecular flexibility index (Phi) is 5.68. The molecule has 0 aromatic heterocycles. The van der Waals surface area contributed by atoms with Crippen molar-refractivity contribution in [2.75, 3.05) is 22.9 Å². The van der Waals surface area contributed by atoms with Crippen molar-refractivity contribution in [3.05, 3.63) is 144 Å². The number of fused-ring (bicyclic) bond motifs is 8. The third-order valence-corrected chi connectivity index (χ3v) is 10.4. The average Bonchev–Trinajstić information content (AvgIpc) is 3.08. The van der Waals surface area contributed by atoms with E-state index < -0.39 is 0 Å². The lowest BCUT2D eigenvalue weighted by molar-refractivity contribution is 0.420. The third-order valence-electron chi connectivity index (χ3n) is 10.4. The summed E-state index contributed by atoms with van der Waals surface area (Å²) >= 11 is 0. The highest BCUT2D eigenvalue weighted by Crippen LogP contribution is 2.55. The maximum absolute atomic E-state index is 6.74. The number of hydrogen-bond donors (Lipinski definition) is 4. The zero-order valence-electron chi connectivity index (χ0n) is 26.5. The van der Waals surface area contributed by atoms with Gasteiger partial charge in [-0.3, -0.25) is 0 Å². The molecule has 2 aliphatic heterocycles. The van der Waals surface area contributed by atoms with Gasteiger partial charge in [-0.15, -0.1) is 0 Å². The van der Waals surface area contributed by atoms with Crippen molar-refractivity contribution in [3.63, 3.8) is 0 Å². The molecule has 0 unspecified atom stereocenters. The Hall–Kier alpha value is -6.40. The topological polar surface area (TPSA) is 123 Å². The number of anilines is 4. The standard InChI is InChI=1S/C43H32N4O2/c44-30-5-1-22-17-40-36(13-26(22)9-30)34(37-14-27-10-31(45)6-2-23(27)18-41(37)48-40)21-35-38-15-28-11-32(46)7-3-24(28)19-42(38)49-43-20-25-4-8-33(47)12-29(25)16-39(35)43/h1-20,34-35H,21,44-47H2. The number of benzene rings is 8. The van der Waals surface area contributed by atoms with Crippen molar-refractivity contribution in [3.8, 4) is 23.0 Å². The molecule has 8 aromatic carbocycles. The van der Waals surface area contributed by atoms with Crippen LogP contribution in [0.2, 0.25) is 0 Å². The minimum Gasteiger partial charge on any atom is -0.457 e. The molecule has 0 bridgehead atoms. The van der Waals surface area contributed by atoms with Gasteiger partial charge >= 0.3 is 0 Å². The highest BCUT2D eigenvalue weighted by Gasteiger charge is 2.36. The molecule has 8 aromatic rings. The molecule has 0 aliphatic carbocycles. The van der Waals surface area contributed by atoms with Gasteiger partial charge in [0.2, 0.25) is 0 Å². The van der Waals surface area contributed by atoms with Crippen molar-refractivity contribution in [1.29, 1.82) is 0 Å². The number of ether oxygens (including phenoxy) is 2. The Morgan fingerprint density at radius 1 is 0.327 bits per heavy atom. The summed E-state index contributed by atoms with van der Waals surface area (Å²) in [6, 6.07) is 41.7. The van der Waals surface area contributed by atoms with Crippen molar-refractivity contribution in [2.45, 2.75) is 18.3 Å². The van der Waals surface area contributed by atoms with Gasteiger partial charge in [0.05, 0.1) is 0 Å². The van der Waals surface area contributed by atoms with E-state index in [-0.39, 0.29) is 11.8 Å². The monoisotopic (exact) mass is 636 g/mol. The summed E-state index contributed by atoms with van der Waals surface area (Å²) in [6.45, 7) is 0. The molecule has 236 valence electrons. The SMILES string of the molecule is Nc1ccc2cc3c(cc2c1)C(CC1c2cc4cc(N)ccc4cc2Oc2cc4ccc(N)cc4cc21)c1cc2cc(N)ccc2cc1O3. The van der Waals surface area contributed by atoms with E-state index in [1.54, 1.807) is 0 Å². The van der Waals surface area contributed by atoms with Gasteiger partial charge in [-0.25, -0.2) is 0 Å². The summed E-state index contributed by atoms with van der Waals surface area (Å²) in [4.78, 5) is 0. The van der Waals surface area contributed by atoms with E-state index >= 15 is 0 Å². The highest BCUT2D eigenvalue weighted by atomic mass is 16.5. The van der Waals surface area contributed by atoms with E-state index in [9.17, 15) is 0 Å². The molecule has 49 heavy (non-hydrogen) atoms. The second-order valence-electron chi connectivity index (χ2n) is 13.5. The van der Waals surface area contributed by atoms with Gasteiger partial charge in [0, 0.05) is 56.8 Å². The second kappa shape index (κ2) is 10.1. The van der Waals surface area contributed by atoms with Crippen LogP contribution in [0.25, 0.3) is 43.1 Å². The van der Waals surface area contributed by atoms with E-state index in [2.05, 4.69) is 72.8 Å². The first-order chi connectivity index (χ1) is 23.8. The lowest BCUT2D eigenvalue weighted by Crippen LogP contribution is -2.17. The van der Waals surface area contributed by atoms with Gasteiger partial charge < -0.3 is 32.4 Å². The quantitative estimate of drug-likeness (QED) is 0.140. The smallest absolute Gasteiger partial charge is 0.131 e. The molecule has 0 atom stereocenters. The highest BCUT2D eigenvalue weighted by molar-refractivity contribution is 5.93. The molecular formula is C43H32N4O2. The number of rotatable bonds is 2. The lowest BCUT2D eigenvalue weighted by atomic mass is 9.74. The molecule has 2 heterocycles. The molecule has 8 N–H and O–H groups in total. The predicted octanol–water partition coefficient (Wildman–Crippen LogP) is 10.2. The molecule has 2 aliphatic rings. The normalized spacial score (nSPS) is 13.9. The Morgan fingerprint density at radius 2 is 0.592 bits per heavy atom. The van der Waals surface area contributed by atoms with Gasteiger partial charge in [-0.2, -0.15) is 0 Å². The fourth-order valence-electron chi connectivity index (χ4n) is 8.01. The molecule has 6 nitrogen and oxygen atoms in total. The molecule has 0 amide bonds. The van der Waals surface area contributed by atoms with Crippen LogP contribution in [0.4, 0.5) is 22.7 Å².